The SMILES string of the molecule is CC(C)C(=O)N[C@@H](C)c1ccc2c(c1)NC(=O)CO2. The van der Waals surface area contributed by atoms with Crippen LogP contribution in [0.2, 0.25) is 0 Å². The van der Waals surface area contributed by atoms with Gasteiger partial charge in [0.2, 0.25) is 5.91 Å². The van der Waals surface area contributed by atoms with Crippen LogP contribution in [-0.2, 0) is 9.59 Å². The van der Waals surface area contributed by atoms with E-state index in [2.05, 4.69) is 10.6 Å². The van der Waals surface area contributed by atoms with Crippen molar-refractivity contribution in [1.82, 2.24) is 5.32 Å². The molecule has 1 aromatic rings. The molecule has 1 aliphatic rings. The van der Waals surface area contributed by atoms with Crippen LogP contribution in [0, 0.1) is 5.92 Å². The Morgan fingerprint density at radius 2 is 2.11 bits per heavy atom. The molecule has 19 heavy (non-hydrogen) atoms. The van der Waals surface area contributed by atoms with E-state index in [-0.39, 0.29) is 30.4 Å². The average Bonchev–Trinajstić information content (AvgIpc) is 2.37. The summed E-state index contributed by atoms with van der Waals surface area (Å²) in [5, 5.41) is 5.68. The Morgan fingerprint density at radius 3 is 2.79 bits per heavy atom. The average molecular weight is 262 g/mol. The van der Waals surface area contributed by atoms with Gasteiger partial charge in [0.15, 0.2) is 6.61 Å². The number of nitrogens with one attached hydrogen (secondary N) is 2. The number of rotatable bonds is 3. The van der Waals surface area contributed by atoms with Gasteiger partial charge in [0.1, 0.15) is 5.75 Å². The number of carbonyl (C=O) groups excluding carboxylic acids is 2. The molecule has 5 heteroatoms. The van der Waals surface area contributed by atoms with Crippen molar-refractivity contribution in [1.29, 1.82) is 0 Å². The number of benzene rings is 1. The topological polar surface area (TPSA) is 67.4 Å². The van der Waals surface area contributed by atoms with Crippen LogP contribution in [0.3, 0.4) is 0 Å². The molecule has 0 bridgehead atoms. The van der Waals surface area contributed by atoms with Gasteiger partial charge in [0, 0.05) is 5.92 Å². The quantitative estimate of drug-likeness (QED) is 0.873. The number of amides is 2. The highest BCUT2D eigenvalue weighted by Crippen LogP contribution is 2.30. The van der Waals surface area contributed by atoms with E-state index in [1.807, 2.05) is 39.0 Å². The first-order chi connectivity index (χ1) is 8.97. The fourth-order valence-electron chi connectivity index (χ4n) is 1.83. The molecule has 102 valence electrons. The number of hydrogen-bond acceptors (Lipinski definition) is 3. The van der Waals surface area contributed by atoms with Crippen molar-refractivity contribution in [3.8, 4) is 5.75 Å². The number of fused-ring (bicyclic) bond motifs is 1. The molecule has 2 amide bonds. The predicted molar refractivity (Wildman–Crippen MR) is 72.0 cm³/mol. The van der Waals surface area contributed by atoms with Crippen LogP contribution < -0.4 is 15.4 Å². The van der Waals surface area contributed by atoms with Gasteiger partial charge in [-0.1, -0.05) is 19.9 Å². The Hall–Kier alpha value is -2.04. The van der Waals surface area contributed by atoms with Crippen LogP contribution in [-0.4, -0.2) is 18.4 Å². The minimum atomic E-state index is -0.163. The fourth-order valence-corrected chi connectivity index (χ4v) is 1.83. The Morgan fingerprint density at radius 1 is 1.37 bits per heavy atom. The molecule has 2 N–H and O–H groups in total. The van der Waals surface area contributed by atoms with Crippen molar-refractivity contribution in [3.63, 3.8) is 0 Å². The maximum Gasteiger partial charge on any atom is 0.262 e. The second-order valence-electron chi connectivity index (χ2n) is 4.98. The highest BCUT2D eigenvalue weighted by atomic mass is 16.5. The van der Waals surface area contributed by atoms with Crippen molar-refractivity contribution in [3.05, 3.63) is 23.8 Å². The highest BCUT2D eigenvalue weighted by molar-refractivity contribution is 5.95. The molecular formula is C14H18N2O3. The normalized spacial score (nSPS) is 15.3. The Labute approximate surface area is 112 Å². The van der Waals surface area contributed by atoms with Crippen LogP contribution in [0.25, 0.3) is 0 Å². The van der Waals surface area contributed by atoms with Gasteiger partial charge in [-0.15, -0.1) is 0 Å². The molecule has 0 unspecified atom stereocenters. The van der Waals surface area contributed by atoms with Crippen LogP contribution in [0.4, 0.5) is 5.69 Å². The molecule has 1 aliphatic heterocycles. The maximum absolute atomic E-state index is 11.7. The standard InChI is InChI=1S/C14H18N2O3/c1-8(2)14(18)15-9(3)10-4-5-12-11(6-10)16-13(17)7-19-12/h4-6,8-9H,7H2,1-3H3,(H,15,18)(H,16,17)/t9-/m0/s1. The lowest BCUT2D eigenvalue weighted by molar-refractivity contribution is -0.124. The summed E-state index contributed by atoms with van der Waals surface area (Å²) in [5.41, 5.74) is 1.58. The summed E-state index contributed by atoms with van der Waals surface area (Å²) in [7, 11) is 0. The van der Waals surface area contributed by atoms with Crippen molar-refractivity contribution < 1.29 is 14.3 Å². The fraction of sp³-hybridized carbons (Fsp3) is 0.429. The minimum Gasteiger partial charge on any atom is -0.482 e. The van der Waals surface area contributed by atoms with E-state index in [4.69, 9.17) is 4.74 Å². The zero-order chi connectivity index (χ0) is 14.0. The van der Waals surface area contributed by atoms with Gasteiger partial charge in [-0.3, -0.25) is 9.59 Å². The molecule has 5 nitrogen and oxygen atoms in total. The van der Waals surface area contributed by atoms with E-state index in [0.29, 0.717) is 11.4 Å². The third kappa shape index (κ3) is 3.05. The predicted octanol–water partition coefficient (Wildman–Crippen LogP) is 1.85. The van der Waals surface area contributed by atoms with Gasteiger partial charge < -0.3 is 15.4 Å². The van der Waals surface area contributed by atoms with Gasteiger partial charge in [-0.25, -0.2) is 0 Å². The summed E-state index contributed by atoms with van der Waals surface area (Å²) in [4.78, 5) is 22.9. The molecule has 0 aromatic heterocycles. The second kappa shape index (κ2) is 5.30. The van der Waals surface area contributed by atoms with Crippen molar-refractivity contribution in [2.24, 2.45) is 5.92 Å². The van der Waals surface area contributed by atoms with Crippen molar-refractivity contribution >= 4 is 17.5 Å². The molecule has 2 rings (SSSR count). The molecule has 1 atom stereocenters. The van der Waals surface area contributed by atoms with Gasteiger partial charge in [-0.2, -0.15) is 0 Å². The van der Waals surface area contributed by atoms with Crippen LogP contribution in [0.1, 0.15) is 32.4 Å². The molecule has 0 saturated carbocycles. The van der Waals surface area contributed by atoms with Gasteiger partial charge in [0.05, 0.1) is 11.7 Å². The van der Waals surface area contributed by atoms with Gasteiger partial charge in [-0.05, 0) is 24.6 Å². The smallest absolute Gasteiger partial charge is 0.262 e. The number of carbonyl (C=O) groups is 2. The third-order valence-electron chi connectivity index (χ3n) is 3.02. The van der Waals surface area contributed by atoms with E-state index in [0.717, 1.165) is 5.56 Å². The Bertz CT molecular complexity index is 511. The number of hydrogen-bond donors (Lipinski definition) is 2. The summed E-state index contributed by atoms with van der Waals surface area (Å²) in [6, 6.07) is 5.42. The maximum atomic E-state index is 11.7. The Kier molecular flexibility index (Phi) is 3.74. The molecule has 0 spiro atoms. The monoisotopic (exact) mass is 262 g/mol. The molecule has 0 aliphatic carbocycles. The molecular weight excluding hydrogens is 244 g/mol. The van der Waals surface area contributed by atoms with Gasteiger partial charge >= 0.3 is 0 Å². The van der Waals surface area contributed by atoms with E-state index >= 15 is 0 Å². The van der Waals surface area contributed by atoms with E-state index in [1.165, 1.54) is 0 Å². The van der Waals surface area contributed by atoms with E-state index in [1.54, 1.807) is 0 Å². The molecule has 1 heterocycles. The number of anilines is 1. The summed E-state index contributed by atoms with van der Waals surface area (Å²) in [6.07, 6.45) is 0. The van der Waals surface area contributed by atoms with E-state index in [9.17, 15) is 9.59 Å². The highest BCUT2D eigenvalue weighted by Gasteiger charge is 2.18. The first-order valence-electron chi connectivity index (χ1n) is 6.34. The second-order valence-corrected chi connectivity index (χ2v) is 4.98. The zero-order valence-corrected chi connectivity index (χ0v) is 11.3. The summed E-state index contributed by atoms with van der Waals surface area (Å²) in [6.45, 7) is 5.66. The lowest BCUT2D eigenvalue weighted by Crippen LogP contribution is -2.30. The minimum absolute atomic E-state index is 0.00510. The molecule has 0 fully saturated rings. The first kappa shape index (κ1) is 13.4. The summed E-state index contributed by atoms with van der Waals surface area (Å²) < 4.78 is 5.29. The van der Waals surface area contributed by atoms with Crippen molar-refractivity contribution in [2.75, 3.05) is 11.9 Å². The summed E-state index contributed by atoms with van der Waals surface area (Å²) >= 11 is 0. The first-order valence-corrected chi connectivity index (χ1v) is 6.34. The van der Waals surface area contributed by atoms with Crippen LogP contribution in [0.5, 0.6) is 5.75 Å². The third-order valence-corrected chi connectivity index (χ3v) is 3.02. The number of ether oxygens (including phenoxy) is 1. The molecule has 0 saturated heterocycles. The van der Waals surface area contributed by atoms with Crippen LogP contribution >= 0.6 is 0 Å². The molecule has 1 aromatic carbocycles. The molecule has 0 radical (unpaired) electrons. The summed E-state index contributed by atoms with van der Waals surface area (Å²) in [5.74, 6) is 0.447. The van der Waals surface area contributed by atoms with E-state index < -0.39 is 0 Å². The zero-order valence-electron chi connectivity index (χ0n) is 11.3. The lowest BCUT2D eigenvalue weighted by Gasteiger charge is -2.21. The van der Waals surface area contributed by atoms with Crippen LogP contribution in [0.15, 0.2) is 18.2 Å². The van der Waals surface area contributed by atoms with Gasteiger partial charge in [0.25, 0.3) is 5.91 Å². The lowest BCUT2D eigenvalue weighted by atomic mass is 10.1. The van der Waals surface area contributed by atoms with Crippen molar-refractivity contribution in [2.45, 2.75) is 26.8 Å². The largest absolute Gasteiger partial charge is 0.482 e. The Balaban J connectivity index is 2.15.